The van der Waals surface area contributed by atoms with Gasteiger partial charge >= 0.3 is 0 Å². The van der Waals surface area contributed by atoms with Crippen molar-refractivity contribution in [1.82, 2.24) is 4.98 Å². The van der Waals surface area contributed by atoms with Crippen molar-refractivity contribution in [3.63, 3.8) is 0 Å². The Balaban J connectivity index is 0.00000220. The number of anilines is 1. The highest BCUT2D eigenvalue weighted by Crippen LogP contribution is 2.27. The van der Waals surface area contributed by atoms with Crippen LogP contribution in [0.4, 0.5) is 5.00 Å². The fraction of sp³-hybridized carbons (Fsp3) is 0.286. The summed E-state index contributed by atoms with van der Waals surface area (Å²) in [5.41, 5.74) is 6.67. The van der Waals surface area contributed by atoms with E-state index in [9.17, 15) is 4.79 Å². The normalized spacial score (nSPS) is 13.2. The summed E-state index contributed by atoms with van der Waals surface area (Å²) in [6.07, 6.45) is 0. The molecular formula is C14H17BrClN3OS. The van der Waals surface area contributed by atoms with E-state index in [1.807, 2.05) is 38.1 Å². The summed E-state index contributed by atoms with van der Waals surface area (Å²) < 4.78 is 0.950. The van der Waals surface area contributed by atoms with Gasteiger partial charge in [-0.05, 0) is 38.5 Å². The number of amides is 1. The van der Waals surface area contributed by atoms with E-state index in [0.717, 1.165) is 25.7 Å². The highest BCUT2D eigenvalue weighted by atomic mass is 79.9. The molecule has 1 aromatic carbocycles. The Morgan fingerprint density at radius 2 is 1.90 bits per heavy atom. The minimum atomic E-state index is -1.09. The van der Waals surface area contributed by atoms with Gasteiger partial charge in [-0.1, -0.05) is 28.1 Å². The molecule has 1 heterocycles. The maximum atomic E-state index is 12.4. The topological polar surface area (TPSA) is 68.0 Å². The van der Waals surface area contributed by atoms with E-state index >= 15 is 0 Å². The van der Waals surface area contributed by atoms with Gasteiger partial charge in [0.05, 0.1) is 10.7 Å². The Hall–Kier alpha value is -0.950. The molecule has 0 spiro atoms. The van der Waals surface area contributed by atoms with Crippen molar-refractivity contribution >= 4 is 50.6 Å². The van der Waals surface area contributed by atoms with Crippen LogP contribution >= 0.6 is 39.7 Å². The average molecular weight is 391 g/mol. The molecule has 1 atom stereocenters. The standard InChI is InChI=1S/C14H16BrN3OS.ClH/c1-8-12(20-9(2)17-8)18-13(19)14(3,16)10-4-6-11(15)7-5-10;/h4-7H,16H2,1-3H3,(H,18,19);1H. The van der Waals surface area contributed by atoms with Crippen LogP contribution in [0.3, 0.4) is 0 Å². The van der Waals surface area contributed by atoms with Crippen LogP contribution in [0.15, 0.2) is 28.7 Å². The van der Waals surface area contributed by atoms with Crippen LogP contribution in [0.1, 0.15) is 23.2 Å². The van der Waals surface area contributed by atoms with Crippen LogP contribution < -0.4 is 11.1 Å². The van der Waals surface area contributed by atoms with E-state index in [0.29, 0.717) is 0 Å². The largest absolute Gasteiger partial charge is 0.314 e. The summed E-state index contributed by atoms with van der Waals surface area (Å²) in [5.74, 6) is -0.244. The van der Waals surface area contributed by atoms with Crippen LogP contribution in [0.25, 0.3) is 0 Å². The second-order valence-corrected chi connectivity index (χ2v) is 6.93. The van der Waals surface area contributed by atoms with Crippen molar-refractivity contribution in [1.29, 1.82) is 0 Å². The summed E-state index contributed by atoms with van der Waals surface area (Å²) in [6.45, 7) is 5.48. The van der Waals surface area contributed by atoms with Gasteiger partial charge in [0.15, 0.2) is 0 Å². The van der Waals surface area contributed by atoms with Gasteiger partial charge in [0.1, 0.15) is 10.5 Å². The zero-order valence-corrected chi connectivity index (χ0v) is 15.2. The lowest BCUT2D eigenvalue weighted by molar-refractivity contribution is -0.120. The van der Waals surface area contributed by atoms with Crippen molar-refractivity contribution in [2.24, 2.45) is 5.73 Å². The number of nitrogens with two attached hydrogens (primary N) is 1. The molecule has 0 saturated carbocycles. The summed E-state index contributed by atoms with van der Waals surface area (Å²) in [4.78, 5) is 16.7. The van der Waals surface area contributed by atoms with Gasteiger partial charge < -0.3 is 11.1 Å². The number of rotatable bonds is 3. The minimum Gasteiger partial charge on any atom is -0.314 e. The third kappa shape index (κ3) is 4.03. The predicted octanol–water partition coefficient (Wildman–Crippen LogP) is 3.76. The lowest BCUT2D eigenvalue weighted by Crippen LogP contribution is -2.45. The lowest BCUT2D eigenvalue weighted by Gasteiger charge is -2.23. The van der Waals surface area contributed by atoms with Crippen molar-refractivity contribution in [2.45, 2.75) is 26.3 Å². The molecule has 21 heavy (non-hydrogen) atoms. The van der Waals surface area contributed by atoms with Crippen molar-refractivity contribution in [2.75, 3.05) is 5.32 Å². The van der Waals surface area contributed by atoms with E-state index in [1.165, 1.54) is 11.3 Å². The molecule has 1 amide bonds. The van der Waals surface area contributed by atoms with Gasteiger partial charge in [-0.25, -0.2) is 4.98 Å². The number of aromatic nitrogens is 1. The molecule has 1 aromatic heterocycles. The predicted molar refractivity (Wildman–Crippen MR) is 93.1 cm³/mol. The number of nitrogens with zero attached hydrogens (tertiary/aromatic N) is 1. The van der Waals surface area contributed by atoms with Crippen LogP contribution in [-0.4, -0.2) is 10.9 Å². The molecule has 0 aliphatic heterocycles. The fourth-order valence-electron chi connectivity index (χ4n) is 1.81. The zero-order chi connectivity index (χ0) is 14.9. The molecule has 4 nitrogen and oxygen atoms in total. The first-order valence-electron chi connectivity index (χ1n) is 6.11. The van der Waals surface area contributed by atoms with Crippen molar-refractivity contribution < 1.29 is 4.79 Å². The van der Waals surface area contributed by atoms with Gasteiger partial charge in [0.25, 0.3) is 0 Å². The van der Waals surface area contributed by atoms with Crippen LogP contribution in [0, 0.1) is 13.8 Å². The molecule has 0 saturated heterocycles. The number of halogens is 2. The quantitative estimate of drug-likeness (QED) is 0.838. The summed E-state index contributed by atoms with van der Waals surface area (Å²) in [5, 5.41) is 4.53. The molecular weight excluding hydrogens is 374 g/mol. The van der Waals surface area contributed by atoms with Gasteiger partial charge in [0.2, 0.25) is 5.91 Å². The fourth-order valence-corrected chi connectivity index (χ4v) is 2.89. The lowest BCUT2D eigenvalue weighted by atomic mass is 9.92. The van der Waals surface area contributed by atoms with E-state index in [-0.39, 0.29) is 18.3 Å². The number of benzene rings is 1. The van der Waals surface area contributed by atoms with E-state index < -0.39 is 5.54 Å². The molecule has 0 aliphatic carbocycles. The number of hydrogen-bond donors (Lipinski definition) is 2. The molecule has 3 N–H and O–H groups in total. The Morgan fingerprint density at radius 3 is 2.38 bits per heavy atom. The summed E-state index contributed by atoms with van der Waals surface area (Å²) >= 11 is 4.82. The number of carbonyl (C=O) groups excluding carboxylic acids is 1. The first kappa shape index (κ1) is 18.1. The van der Waals surface area contributed by atoms with Gasteiger partial charge in [0, 0.05) is 4.47 Å². The highest BCUT2D eigenvalue weighted by Gasteiger charge is 2.31. The van der Waals surface area contributed by atoms with E-state index in [1.54, 1.807) is 6.92 Å². The average Bonchev–Trinajstić information content (AvgIpc) is 2.68. The highest BCUT2D eigenvalue weighted by molar-refractivity contribution is 9.10. The Morgan fingerprint density at radius 1 is 1.33 bits per heavy atom. The van der Waals surface area contributed by atoms with E-state index in [2.05, 4.69) is 26.2 Å². The maximum absolute atomic E-state index is 12.4. The van der Waals surface area contributed by atoms with Gasteiger partial charge in [-0.2, -0.15) is 0 Å². The van der Waals surface area contributed by atoms with Gasteiger partial charge in [-0.15, -0.1) is 23.7 Å². The van der Waals surface area contributed by atoms with Crippen LogP contribution in [-0.2, 0) is 10.3 Å². The zero-order valence-electron chi connectivity index (χ0n) is 11.9. The SMILES string of the molecule is Cc1nc(C)c(NC(=O)C(C)(N)c2ccc(Br)cc2)s1.Cl. The second kappa shape index (κ2) is 6.87. The number of carbonyl (C=O) groups is 1. The Kier molecular flexibility index (Phi) is 5.92. The molecule has 0 fully saturated rings. The minimum absolute atomic E-state index is 0. The Bertz CT molecular complexity index is 640. The number of nitrogens with one attached hydrogen (secondary N) is 1. The summed E-state index contributed by atoms with van der Waals surface area (Å²) in [6, 6.07) is 7.43. The number of aryl methyl sites for hydroxylation is 2. The summed E-state index contributed by atoms with van der Waals surface area (Å²) in [7, 11) is 0. The molecule has 7 heteroatoms. The first-order valence-corrected chi connectivity index (χ1v) is 7.72. The van der Waals surface area contributed by atoms with Crippen molar-refractivity contribution in [3.05, 3.63) is 45.0 Å². The molecule has 1 unspecified atom stereocenters. The third-order valence-corrected chi connectivity index (χ3v) is 4.56. The number of thiazole rings is 1. The van der Waals surface area contributed by atoms with Gasteiger partial charge in [-0.3, -0.25) is 4.79 Å². The second-order valence-electron chi connectivity index (χ2n) is 4.81. The molecule has 0 radical (unpaired) electrons. The molecule has 114 valence electrons. The van der Waals surface area contributed by atoms with Crippen LogP contribution in [0.5, 0.6) is 0 Å². The molecule has 0 aliphatic rings. The first-order chi connectivity index (χ1) is 9.30. The van der Waals surface area contributed by atoms with E-state index in [4.69, 9.17) is 5.73 Å². The monoisotopic (exact) mass is 389 g/mol. The number of hydrogen-bond acceptors (Lipinski definition) is 4. The molecule has 0 bridgehead atoms. The third-order valence-electron chi connectivity index (χ3n) is 3.05. The molecule has 2 rings (SSSR count). The smallest absolute Gasteiger partial charge is 0.249 e. The molecule has 2 aromatic rings. The Labute approximate surface area is 142 Å². The van der Waals surface area contributed by atoms with Crippen LogP contribution in [0.2, 0.25) is 0 Å². The van der Waals surface area contributed by atoms with Crippen molar-refractivity contribution in [3.8, 4) is 0 Å². The maximum Gasteiger partial charge on any atom is 0.249 e.